The van der Waals surface area contributed by atoms with E-state index < -0.39 is 36.3 Å². The van der Waals surface area contributed by atoms with Crippen LogP contribution in [0.4, 0.5) is 0 Å². The number of allylic oxidation sites excluding steroid dienone is 3. The lowest BCUT2D eigenvalue weighted by atomic mass is 10.0. The quantitative estimate of drug-likeness (QED) is 0.0159. The molecule has 0 aromatic rings. The summed E-state index contributed by atoms with van der Waals surface area (Å²) in [5.41, 5.74) is 5.32. The number of nitrogens with one attached hydrogen (secondary N) is 3. The number of unbranched alkanes of at least 4 members (excludes halogenated alkanes) is 33. The maximum atomic E-state index is 12.2. The Kier molecular flexibility index (Phi) is 89.0. The fourth-order valence-corrected chi connectivity index (χ4v) is 10.8. The van der Waals surface area contributed by atoms with Crippen LogP contribution in [-0.4, -0.2) is 233 Å². The maximum absolute atomic E-state index is 12.2. The molecule has 0 aromatic heterocycles. The first-order valence-corrected chi connectivity index (χ1v) is 40.7. The number of aliphatic hydroxyl groups excluding tert-OH is 4. The molecule has 3 amide bonds. The minimum Gasteiger partial charge on any atom is -0.464 e. The summed E-state index contributed by atoms with van der Waals surface area (Å²) in [6.07, 6.45) is 55.3. The molecule has 0 fully saturated rings. The van der Waals surface area contributed by atoms with Gasteiger partial charge in [-0.15, -0.1) is 0 Å². The number of methoxy groups -OCH3 is 2. The Bertz CT molecular complexity index is 1880. The molecule has 0 aliphatic carbocycles. The number of hydrogen-bond donors (Lipinski definition) is 8. The molecular formula is C81H158N4O19. The van der Waals surface area contributed by atoms with E-state index >= 15 is 0 Å². The number of ether oxygens (including phenoxy) is 11. The van der Waals surface area contributed by atoms with Gasteiger partial charge in [0.1, 0.15) is 13.2 Å². The van der Waals surface area contributed by atoms with E-state index in [2.05, 4.69) is 42.8 Å². The zero-order valence-electron chi connectivity index (χ0n) is 66.9. The van der Waals surface area contributed by atoms with Gasteiger partial charge >= 0.3 is 5.97 Å². The number of hydrogen-bond acceptors (Lipinski definition) is 20. The summed E-state index contributed by atoms with van der Waals surface area (Å²) in [6.45, 7) is 16.6. The summed E-state index contributed by atoms with van der Waals surface area (Å²) >= 11 is 0. The van der Waals surface area contributed by atoms with Gasteiger partial charge in [-0.25, -0.2) is 0 Å². The highest BCUT2D eigenvalue weighted by Crippen LogP contribution is 2.16. The molecule has 0 saturated heterocycles. The third kappa shape index (κ3) is 82.6. The topological polar surface area (TPSA) is 313 Å². The van der Waals surface area contributed by atoms with Crippen molar-refractivity contribution in [3.63, 3.8) is 0 Å². The fourth-order valence-electron chi connectivity index (χ4n) is 10.8. The lowest BCUT2D eigenvalue weighted by Gasteiger charge is -2.23. The van der Waals surface area contributed by atoms with Gasteiger partial charge in [0.15, 0.2) is 0 Å². The maximum Gasteiger partial charge on any atom is 0.302 e. The van der Waals surface area contributed by atoms with Gasteiger partial charge in [0.2, 0.25) is 17.7 Å². The Morgan fingerprint density at radius 2 is 0.692 bits per heavy atom. The van der Waals surface area contributed by atoms with Gasteiger partial charge in [0.05, 0.1) is 155 Å². The third-order valence-corrected chi connectivity index (χ3v) is 17.0. The lowest BCUT2D eigenvalue weighted by molar-refractivity contribution is -0.143. The minimum absolute atomic E-state index is 0.0289. The molecule has 104 heavy (non-hydrogen) atoms. The molecule has 0 bridgehead atoms. The molecule has 0 aliphatic heterocycles. The second-order valence-corrected chi connectivity index (χ2v) is 26.6. The van der Waals surface area contributed by atoms with E-state index in [9.17, 15) is 39.6 Å². The second-order valence-electron chi connectivity index (χ2n) is 26.6. The van der Waals surface area contributed by atoms with Crippen molar-refractivity contribution in [2.45, 2.75) is 309 Å². The highest BCUT2D eigenvalue weighted by molar-refractivity contribution is 5.77. The Hall–Kier alpha value is -3.50. The number of amides is 3. The van der Waals surface area contributed by atoms with Crippen LogP contribution < -0.4 is 21.7 Å². The molecule has 23 nitrogen and oxygen atoms in total. The highest BCUT2D eigenvalue weighted by atomic mass is 16.6. The third-order valence-electron chi connectivity index (χ3n) is 17.0. The first-order valence-electron chi connectivity index (χ1n) is 40.7. The van der Waals surface area contributed by atoms with Gasteiger partial charge in [-0.1, -0.05) is 250 Å². The fraction of sp³-hybridized carbons (Fsp3) is 0.877. The number of rotatable bonds is 78. The summed E-state index contributed by atoms with van der Waals surface area (Å²) in [5.74, 6) is -1.26. The van der Waals surface area contributed by atoms with Crippen LogP contribution in [-0.2, 0) is 71.3 Å². The van der Waals surface area contributed by atoms with Crippen molar-refractivity contribution in [3.8, 4) is 0 Å². The summed E-state index contributed by atoms with van der Waals surface area (Å²) in [6, 6.07) is -1.85. The Labute approximate surface area is 632 Å². The smallest absolute Gasteiger partial charge is 0.302 e. The van der Waals surface area contributed by atoms with Crippen LogP contribution in [0.1, 0.15) is 272 Å². The molecule has 23 heteroatoms. The predicted octanol–water partition coefficient (Wildman–Crippen LogP) is 12.6. The van der Waals surface area contributed by atoms with Gasteiger partial charge < -0.3 is 94.2 Å². The minimum atomic E-state index is -0.916. The monoisotopic (exact) mass is 1490 g/mol. The second kappa shape index (κ2) is 88.4. The van der Waals surface area contributed by atoms with E-state index in [1.807, 2.05) is 18.2 Å². The van der Waals surface area contributed by atoms with Gasteiger partial charge in [-0.3, -0.25) is 19.2 Å². The molecule has 0 rings (SSSR count). The predicted molar refractivity (Wildman–Crippen MR) is 418 cm³/mol. The molecule has 0 aromatic carbocycles. The SMILES string of the molecule is CCCCCCCCCCCCC/C=C/[C@@H](O)[C@H](CO)NC(=O)CCOCCOCCOCCOCCN.CCCCCCCCCCCCC/C=C/[C@@H](O)[C@H](COC(C)=O)NC(C)=O.CCCCCCCCCCCCC/C=C/[C@@H](OC)[C@H](CO)NC(=O)COCCOCCOCCOCCOC. The van der Waals surface area contributed by atoms with Crippen LogP contribution in [0.5, 0.6) is 0 Å². The number of carbonyl (C=O) groups excluding carboxylic acids is 4. The Morgan fingerprint density at radius 1 is 0.375 bits per heavy atom. The van der Waals surface area contributed by atoms with Gasteiger partial charge in [-0.2, -0.15) is 0 Å². The molecule has 0 spiro atoms. The first kappa shape index (κ1) is 105. The Balaban J connectivity index is -0.00000150. The van der Waals surface area contributed by atoms with Crippen LogP contribution in [0.2, 0.25) is 0 Å². The van der Waals surface area contributed by atoms with E-state index in [4.69, 9.17) is 57.8 Å². The van der Waals surface area contributed by atoms with Crippen molar-refractivity contribution in [2.75, 3.05) is 153 Å². The number of aliphatic hydroxyl groups is 4. The van der Waals surface area contributed by atoms with E-state index in [1.165, 1.54) is 206 Å². The van der Waals surface area contributed by atoms with Gasteiger partial charge in [0.25, 0.3) is 0 Å². The molecule has 9 N–H and O–H groups in total. The van der Waals surface area contributed by atoms with Crippen molar-refractivity contribution >= 4 is 23.7 Å². The van der Waals surface area contributed by atoms with Crippen LogP contribution in [0.25, 0.3) is 0 Å². The molecule has 616 valence electrons. The van der Waals surface area contributed by atoms with Crippen molar-refractivity contribution in [3.05, 3.63) is 36.5 Å². The van der Waals surface area contributed by atoms with Crippen molar-refractivity contribution in [1.29, 1.82) is 0 Å². The highest BCUT2D eigenvalue weighted by Gasteiger charge is 2.22. The van der Waals surface area contributed by atoms with Crippen LogP contribution in [0, 0.1) is 0 Å². The molecule has 0 heterocycles. The number of nitrogens with two attached hydrogens (primary N) is 1. The molecule has 6 atom stereocenters. The van der Waals surface area contributed by atoms with E-state index in [1.54, 1.807) is 26.4 Å². The molecular weight excluding hydrogens is 1330 g/mol. The van der Waals surface area contributed by atoms with Gasteiger partial charge in [-0.05, 0) is 38.5 Å². The van der Waals surface area contributed by atoms with E-state index in [0.717, 1.165) is 38.5 Å². The largest absolute Gasteiger partial charge is 0.464 e. The van der Waals surface area contributed by atoms with Crippen LogP contribution >= 0.6 is 0 Å². The summed E-state index contributed by atoms with van der Waals surface area (Å²) in [5, 5.41) is 47.8. The van der Waals surface area contributed by atoms with Crippen LogP contribution in [0.3, 0.4) is 0 Å². The molecule has 0 radical (unpaired) electrons. The van der Waals surface area contributed by atoms with Gasteiger partial charge in [0, 0.05) is 41.0 Å². The standard InChI is InChI=1S/C30H59NO8.C29H58N2O7.C22H41NO4/c1-4-5-6-7-8-9-10-11-12-13-14-15-16-17-29(35-3)28(26-32)31-30(33)27-39-25-24-38-23-22-37-21-20-36-19-18-34-2;1-2-3-4-5-6-7-8-9-10-11-12-13-14-15-28(33)27(26-32)31-29(34)16-18-35-20-22-37-24-25-38-23-21-36-19-17-30;1-4-5-6-7-8-9-10-11-12-13-14-15-16-17-22(26)21(23-19(2)24)18-27-20(3)25/h16-17,28-29,32H,4-15,18-27H2,1-3H3,(H,31,33);14-15,27-28,32-33H,2-13,16-26,30H2,1H3,(H,31,34);16-17,21-22,26H,4-15,18H2,1-3H3,(H,23,24)/b17-16+;15-14+;17-16+/t28-,29+;27-,28+;21-,22+/m000/s1. The van der Waals surface area contributed by atoms with Crippen molar-refractivity contribution in [2.24, 2.45) is 5.73 Å². The van der Waals surface area contributed by atoms with Crippen molar-refractivity contribution < 1.29 is 91.7 Å². The summed E-state index contributed by atoms with van der Waals surface area (Å²) < 4.78 is 58.1. The average molecular weight is 1490 g/mol. The first-order chi connectivity index (χ1) is 50.8. The molecule has 0 aliphatic rings. The van der Waals surface area contributed by atoms with Crippen LogP contribution in [0.15, 0.2) is 36.5 Å². The van der Waals surface area contributed by atoms with E-state index in [-0.39, 0.29) is 63.3 Å². The number of carbonyl (C=O) groups is 4. The zero-order valence-corrected chi connectivity index (χ0v) is 66.9. The summed E-state index contributed by atoms with van der Waals surface area (Å²) in [7, 11) is 3.22. The number of esters is 1. The van der Waals surface area contributed by atoms with E-state index in [0.29, 0.717) is 106 Å². The zero-order chi connectivity index (χ0) is 76.9. The van der Waals surface area contributed by atoms with Crippen molar-refractivity contribution in [1.82, 2.24) is 16.0 Å². The summed E-state index contributed by atoms with van der Waals surface area (Å²) in [4.78, 5) is 46.4. The molecule has 0 saturated carbocycles. The molecule has 0 unspecified atom stereocenters. The Morgan fingerprint density at radius 3 is 1.03 bits per heavy atom. The normalized spacial score (nSPS) is 13.3. The average Bonchev–Trinajstić information content (AvgIpc) is 0.978. The lowest BCUT2D eigenvalue weighted by Crippen LogP contribution is -2.47.